The standard InChI is InChI=1S/C33H28ClN3O3/c34-27-16-12-25(13-17-27)23-37-29-8-4-5-9-30(29)40-31(33(37)39)22-24-10-14-26(15-11-24)32(38)36-20-18-35(19-21-36)28-6-2-1-3-7-28/h1-17,22H,18-21,23H2. The van der Waals surface area contributed by atoms with Crippen LogP contribution in [-0.4, -0.2) is 42.9 Å². The van der Waals surface area contributed by atoms with E-state index < -0.39 is 0 Å². The SMILES string of the molecule is O=C(c1ccc(C=C2Oc3ccccc3N(Cc3ccc(Cl)cc3)C2=O)cc1)N1CCN(c2ccccc2)CC1. The molecule has 0 radical (unpaired) electrons. The lowest BCUT2D eigenvalue weighted by Gasteiger charge is -2.36. The van der Waals surface area contributed by atoms with Crippen molar-refractivity contribution in [2.45, 2.75) is 6.54 Å². The Morgan fingerprint density at radius 3 is 2.20 bits per heavy atom. The summed E-state index contributed by atoms with van der Waals surface area (Å²) < 4.78 is 6.02. The molecule has 1 fully saturated rings. The number of carbonyl (C=O) groups excluding carboxylic acids is 2. The minimum atomic E-state index is -0.231. The third-order valence-electron chi connectivity index (χ3n) is 7.23. The van der Waals surface area contributed by atoms with Crippen LogP contribution in [0.25, 0.3) is 6.08 Å². The summed E-state index contributed by atoms with van der Waals surface area (Å²) in [6.07, 6.45) is 1.72. The zero-order valence-electron chi connectivity index (χ0n) is 21.9. The molecule has 2 aliphatic rings. The van der Waals surface area contributed by atoms with Crippen LogP contribution in [0.3, 0.4) is 0 Å². The van der Waals surface area contributed by atoms with E-state index in [9.17, 15) is 9.59 Å². The highest BCUT2D eigenvalue weighted by atomic mass is 35.5. The Labute approximate surface area is 238 Å². The molecule has 2 amide bonds. The summed E-state index contributed by atoms with van der Waals surface area (Å²) in [5.41, 5.74) is 4.26. The van der Waals surface area contributed by atoms with Gasteiger partial charge in [0.15, 0.2) is 11.5 Å². The van der Waals surface area contributed by atoms with Gasteiger partial charge < -0.3 is 14.5 Å². The molecule has 0 N–H and O–H groups in total. The Balaban J connectivity index is 1.16. The first-order chi connectivity index (χ1) is 19.5. The molecule has 0 aliphatic carbocycles. The Bertz CT molecular complexity index is 1540. The number of amides is 2. The van der Waals surface area contributed by atoms with Crippen LogP contribution in [0.5, 0.6) is 5.75 Å². The van der Waals surface area contributed by atoms with Crippen LogP contribution >= 0.6 is 11.6 Å². The number of para-hydroxylation sites is 3. The predicted molar refractivity (Wildman–Crippen MR) is 159 cm³/mol. The quantitative estimate of drug-likeness (QED) is 0.275. The molecule has 0 atom stereocenters. The minimum absolute atomic E-state index is 0.0139. The van der Waals surface area contributed by atoms with Crippen LogP contribution in [-0.2, 0) is 11.3 Å². The predicted octanol–water partition coefficient (Wildman–Crippen LogP) is 6.27. The van der Waals surface area contributed by atoms with Gasteiger partial charge in [-0.25, -0.2) is 0 Å². The van der Waals surface area contributed by atoms with Crippen molar-refractivity contribution in [3.8, 4) is 5.75 Å². The maximum atomic E-state index is 13.5. The van der Waals surface area contributed by atoms with Crippen molar-refractivity contribution < 1.29 is 14.3 Å². The Morgan fingerprint density at radius 2 is 1.48 bits per heavy atom. The molecule has 6 nitrogen and oxygen atoms in total. The van der Waals surface area contributed by atoms with Crippen LogP contribution in [0.15, 0.2) is 109 Å². The molecule has 7 heteroatoms. The molecule has 4 aromatic rings. The number of hydrogen-bond donors (Lipinski definition) is 0. The third kappa shape index (κ3) is 5.44. The highest BCUT2D eigenvalue weighted by Crippen LogP contribution is 2.36. The van der Waals surface area contributed by atoms with E-state index in [2.05, 4.69) is 17.0 Å². The van der Waals surface area contributed by atoms with Crippen molar-refractivity contribution in [1.29, 1.82) is 0 Å². The fourth-order valence-corrected chi connectivity index (χ4v) is 5.18. The first-order valence-electron chi connectivity index (χ1n) is 13.3. The van der Waals surface area contributed by atoms with E-state index in [1.165, 1.54) is 5.69 Å². The van der Waals surface area contributed by atoms with Gasteiger partial charge in [-0.1, -0.05) is 66.2 Å². The molecule has 6 rings (SSSR count). The molecule has 2 aliphatic heterocycles. The van der Waals surface area contributed by atoms with E-state index in [4.69, 9.17) is 16.3 Å². The average molecular weight is 550 g/mol. The smallest absolute Gasteiger partial charge is 0.294 e. The summed E-state index contributed by atoms with van der Waals surface area (Å²) in [7, 11) is 0. The molecule has 1 saturated heterocycles. The van der Waals surface area contributed by atoms with Crippen molar-refractivity contribution in [1.82, 2.24) is 4.90 Å². The number of nitrogens with zero attached hydrogens (tertiary/aromatic N) is 3. The van der Waals surface area contributed by atoms with E-state index in [1.807, 2.05) is 95.9 Å². The number of piperazine rings is 1. The largest absolute Gasteiger partial charge is 0.449 e. The van der Waals surface area contributed by atoms with Crippen molar-refractivity contribution in [3.05, 3.63) is 131 Å². The van der Waals surface area contributed by atoms with Gasteiger partial charge in [0, 0.05) is 42.5 Å². The number of carbonyl (C=O) groups is 2. The highest BCUT2D eigenvalue weighted by Gasteiger charge is 2.30. The summed E-state index contributed by atoms with van der Waals surface area (Å²) in [6.45, 7) is 3.33. The molecular formula is C33H28ClN3O3. The molecular weight excluding hydrogens is 522 g/mol. The Morgan fingerprint density at radius 1 is 0.800 bits per heavy atom. The van der Waals surface area contributed by atoms with E-state index in [-0.39, 0.29) is 17.6 Å². The topological polar surface area (TPSA) is 53.1 Å². The van der Waals surface area contributed by atoms with Gasteiger partial charge in [0.2, 0.25) is 0 Å². The second-order valence-electron chi connectivity index (χ2n) is 9.83. The van der Waals surface area contributed by atoms with E-state index in [0.29, 0.717) is 41.7 Å². The number of halogens is 1. The van der Waals surface area contributed by atoms with Gasteiger partial charge in [-0.05, 0) is 65.7 Å². The number of benzene rings is 4. The minimum Gasteiger partial charge on any atom is -0.449 e. The summed E-state index contributed by atoms with van der Waals surface area (Å²) in [4.78, 5) is 32.6. The zero-order valence-corrected chi connectivity index (χ0v) is 22.6. The van der Waals surface area contributed by atoms with Gasteiger partial charge in [0.1, 0.15) is 0 Å². The second-order valence-corrected chi connectivity index (χ2v) is 10.3. The fraction of sp³-hybridized carbons (Fsp3) is 0.152. The second kappa shape index (κ2) is 11.3. The van der Waals surface area contributed by atoms with Gasteiger partial charge in [-0.3, -0.25) is 14.5 Å². The molecule has 4 aromatic carbocycles. The first kappa shape index (κ1) is 25.7. The van der Waals surface area contributed by atoms with Crippen molar-refractivity contribution in [3.63, 3.8) is 0 Å². The van der Waals surface area contributed by atoms with Crippen molar-refractivity contribution >= 4 is 40.9 Å². The Hall–Kier alpha value is -4.55. The number of anilines is 2. The van der Waals surface area contributed by atoms with Gasteiger partial charge >= 0.3 is 0 Å². The summed E-state index contributed by atoms with van der Waals surface area (Å²) in [5, 5.41) is 0.648. The van der Waals surface area contributed by atoms with Crippen LogP contribution < -0.4 is 14.5 Å². The molecule has 2 heterocycles. The zero-order chi connectivity index (χ0) is 27.5. The molecule has 0 aromatic heterocycles. The molecule has 200 valence electrons. The molecule has 0 unspecified atom stereocenters. The summed E-state index contributed by atoms with van der Waals surface area (Å²) >= 11 is 6.05. The maximum absolute atomic E-state index is 13.5. The van der Waals surface area contributed by atoms with Crippen LogP contribution in [0, 0.1) is 0 Å². The van der Waals surface area contributed by atoms with Crippen LogP contribution in [0.4, 0.5) is 11.4 Å². The number of hydrogen-bond acceptors (Lipinski definition) is 4. The highest BCUT2D eigenvalue weighted by molar-refractivity contribution is 6.30. The summed E-state index contributed by atoms with van der Waals surface area (Å²) in [5.74, 6) is 0.623. The molecule has 0 saturated carbocycles. The van der Waals surface area contributed by atoms with Gasteiger partial charge in [-0.15, -0.1) is 0 Å². The number of fused-ring (bicyclic) bond motifs is 1. The molecule has 40 heavy (non-hydrogen) atoms. The Kier molecular flexibility index (Phi) is 7.25. The molecule has 0 bridgehead atoms. The third-order valence-corrected chi connectivity index (χ3v) is 7.48. The van der Waals surface area contributed by atoms with Gasteiger partial charge in [-0.2, -0.15) is 0 Å². The van der Waals surface area contributed by atoms with Crippen molar-refractivity contribution in [2.24, 2.45) is 0 Å². The molecule has 0 spiro atoms. The van der Waals surface area contributed by atoms with E-state index in [0.717, 1.165) is 24.2 Å². The lowest BCUT2D eigenvalue weighted by atomic mass is 10.1. The van der Waals surface area contributed by atoms with Gasteiger partial charge in [0.05, 0.1) is 12.2 Å². The van der Waals surface area contributed by atoms with Crippen molar-refractivity contribution in [2.75, 3.05) is 36.0 Å². The summed E-state index contributed by atoms with van der Waals surface area (Å²) in [6, 6.07) is 32.5. The normalized spacial score (nSPS) is 16.1. The van der Waals surface area contributed by atoms with Crippen LogP contribution in [0.2, 0.25) is 5.02 Å². The lowest BCUT2D eigenvalue weighted by Crippen LogP contribution is -2.48. The van der Waals surface area contributed by atoms with Gasteiger partial charge in [0.25, 0.3) is 11.8 Å². The van der Waals surface area contributed by atoms with E-state index in [1.54, 1.807) is 11.0 Å². The fourth-order valence-electron chi connectivity index (χ4n) is 5.05. The lowest BCUT2D eigenvalue weighted by molar-refractivity contribution is -0.117. The number of rotatable bonds is 5. The first-order valence-corrected chi connectivity index (χ1v) is 13.7. The number of ether oxygens (including phenoxy) is 1. The van der Waals surface area contributed by atoms with E-state index >= 15 is 0 Å². The monoisotopic (exact) mass is 549 g/mol. The van der Waals surface area contributed by atoms with Crippen LogP contribution in [0.1, 0.15) is 21.5 Å². The maximum Gasteiger partial charge on any atom is 0.294 e. The average Bonchev–Trinajstić information content (AvgIpc) is 3.01.